The van der Waals surface area contributed by atoms with Crippen LogP contribution in [0.15, 0.2) is 18.2 Å². The molecule has 0 spiro atoms. The molecule has 1 aliphatic heterocycles. The molecule has 1 aromatic heterocycles. The minimum Gasteiger partial charge on any atom is -0.389 e. The molecule has 2 rings (SSSR count). The first kappa shape index (κ1) is 8.02. The van der Waals surface area contributed by atoms with Gasteiger partial charge in [0.05, 0.1) is 6.10 Å². The summed E-state index contributed by atoms with van der Waals surface area (Å²) in [6, 6.07) is 7.28. The number of aliphatic hydroxyl groups excluding tert-OH is 1. The lowest BCUT2D eigenvalue weighted by atomic mass is 10.2. The Balaban J connectivity index is 2.18. The summed E-state index contributed by atoms with van der Waals surface area (Å²) in [4.78, 5) is 6.04. The zero-order valence-electron chi connectivity index (χ0n) is 7.01. The summed E-state index contributed by atoms with van der Waals surface area (Å²) in [5, 5.41) is 17.7. The van der Waals surface area contributed by atoms with Gasteiger partial charge in [-0.05, 0) is 12.1 Å². The Hall–Kier alpha value is -1.60. The van der Waals surface area contributed by atoms with Crippen molar-refractivity contribution < 1.29 is 5.11 Å². The maximum Gasteiger partial charge on any atom is 0.142 e. The zero-order chi connectivity index (χ0) is 9.26. The Morgan fingerprint density at radius 3 is 2.92 bits per heavy atom. The molecular formula is C9H9N3O. The van der Waals surface area contributed by atoms with Gasteiger partial charge in [-0.1, -0.05) is 6.07 Å². The third kappa shape index (κ3) is 1.46. The number of anilines is 1. The van der Waals surface area contributed by atoms with Crippen molar-refractivity contribution in [2.75, 3.05) is 18.0 Å². The summed E-state index contributed by atoms with van der Waals surface area (Å²) in [6.45, 7) is 1.23. The summed E-state index contributed by atoms with van der Waals surface area (Å²) >= 11 is 0. The first-order chi connectivity index (χ1) is 6.29. The molecule has 0 atom stereocenters. The van der Waals surface area contributed by atoms with E-state index < -0.39 is 0 Å². The van der Waals surface area contributed by atoms with E-state index in [4.69, 9.17) is 10.4 Å². The quantitative estimate of drug-likeness (QED) is 0.659. The minimum atomic E-state index is -0.243. The van der Waals surface area contributed by atoms with E-state index in [0.29, 0.717) is 18.8 Å². The van der Waals surface area contributed by atoms with E-state index in [1.807, 2.05) is 17.0 Å². The van der Waals surface area contributed by atoms with E-state index in [9.17, 15) is 0 Å². The highest BCUT2D eigenvalue weighted by atomic mass is 16.3. The highest BCUT2D eigenvalue weighted by molar-refractivity contribution is 5.44. The van der Waals surface area contributed by atoms with Gasteiger partial charge >= 0.3 is 0 Å². The van der Waals surface area contributed by atoms with Crippen LogP contribution in [0.25, 0.3) is 0 Å². The summed E-state index contributed by atoms with van der Waals surface area (Å²) in [5.41, 5.74) is 0.416. The highest BCUT2D eigenvalue weighted by Crippen LogP contribution is 2.17. The van der Waals surface area contributed by atoms with Crippen molar-refractivity contribution in [2.24, 2.45) is 0 Å². The van der Waals surface area contributed by atoms with Gasteiger partial charge in [0.15, 0.2) is 0 Å². The van der Waals surface area contributed by atoms with Crippen LogP contribution in [0.4, 0.5) is 5.82 Å². The van der Waals surface area contributed by atoms with Gasteiger partial charge in [0.1, 0.15) is 17.6 Å². The number of nitriles is 1. The van der Waals surface area contributed by atoms with E-state index in [-0.39, 0.29) is 6.10 Å². The average Bonchev–Trinajstić information content (AvgIpc) is 2.13. The largest absolute Gasteiger partial charge is 0.389 e. The zero-order valence-corrected chi connectivity index (χ0v) is 7.01. The van der Waals surface area contributed by atoms with Crippen molar-refractivity contribution in [3.05, 3.63) is 23.9 Å². The molecule has 1 aliphatic rings. The molecule has 66 valence electrons. The molecule has 1 N–H and O–H groups in total. The number of hydrogen-bond donors (Lipinski definition) is 1. The van der Waals surface area contributed by atoms with Gasteiger partial charge < -0.3 is 10.0 Å². The minimum absolute atomic E-state index is 0.243. The monoisotopic (exact) mass is 175 g/mol. The van der Waals surface area contributed by atoms with Crippen molar-refractivity contribution >= 4 is 5.82 Å². The Morgan fingerprint density at radius 2 is 2.31 bits per heavy atom. The Labute approximate surface area is 76.1 Å². The van der Waals surface area contributed by atoms with Gasteiger partial charge in [-0.2, -0.15) is 5.26 Å². The van der Waals surface area contributed by atoms with Crippen LogP contribution < -0.4 is 4.90 Å². The van der Waals surface area contributed by atoms with Gasteiger partial charge in [-0.15, -0.1) is 0 Å². The second kappa shape index (κ2) is 3.04. The fourth-order valence-electron chi connectivity index (χ4n) is 1.30. The molecular weight excluding hydrogens is 166 g/mol. The number of rotatable bonds is 1. The Kier molecular flexibility index (Phi) is 1.87. The fourth-order valence-corrected chi connectivity index (χ4v) is 1.30. The van der Waals surface area contributed by atoms with Gasteiger partial charge in [-0.25, -0.2) is 4.98 Å². The first-order valence-corrected chi connectivity index (χ1v) is 4.10. The van der Waals surface area contributed by atoms with Crippen LogP contribution in [0.1, 0.15) is 5.69 Å². The van der Waals surface area contributed by atoms with Gasteiger partial charge in [0.2, 0.25) is 0 Å². The summed E-state index contributed by atoms with van der Waals surface area (Å²) < 4.78 is 0. The molecule has 1 aromatic rings. The number of hydrogen-bond acceptors (Lipinski definition) is 4. The van der Waals surface area contributed by atoms with Crippen molar-refractivity contribution in [1.29, 1.82) is 5.26 Å². The average molecular weight is 175 g/mol. The van der Waals surface area contributed by atoms with Crippen LogP contribution in [0.3, 0.4) is 0 Å². The van der Waals surface area contributed by atoms with Gasteiger partial charge in [0, 0.05) is 13.1 Å². The Bertz CT molecular complexity index is 352. The summed E-state index contributed by atoms with van der Waals surface area (Å²) in [5.74, 6) is 0.768. The lowest BCUT2D eigenvalue weighted by Crippen LogP contribution is -2.51. The van der Waals surface area contributed by atoms with E-state index in [0.717, 1.165) is 5.82 Å². The maximum absolute atomic E-state index is 9.07. The SMILES string of the molecule is N#Cc1cccc(N2CC(O)C2)n1. The molecule has 1 saturated heterocycles. The molecule has 0 amide bonds. The summed E-state index contributed by atoms with van der Waals surface area (Å²) in [7, 11) is 0. The van der Waals surface area contributed by atoms with Crippen LogP contribution in [0.2, 0.25) is 0 Å². The molecule has 1 fully saturated rings. The van der Waals surface area contributed by atoms with Crippen LogP contribution in [0.5, 0.6) is 0 Å². The van der Waals surface area contributed by atoms with Crippen molar-refractivity contribution in [3.63, 3.8) is 0 Å². The molecule has 4 nitrogen and oxygen atoms in total. The number of aliphatic hydroxyl groups is 1. The molecule has 0 aliphatic carbocycles. The lowest BCUT2D eigenvalue weighted by Gasteiger charge is -2.36. The molecule has 2 heterocycles. The first-order valence-electron chi connectivity index (χ1n) is 4.10. The van der Waals surface area contributed by atoms with Crippen LogP contribution in [0, 0.1) is 11.3 Å². The summed E-state index contributed by atoms with van der Waals surface area (Å²) in [6.07, 6.45) is -0.243. The smallest absolute Gasteiger partial charge is 0.142 e. The Morgan fingerprint density at radius 1 is 1.54 bits per heavy atom. The van der Waals surface area contributed by atoms with E-state index in [2.05, 4.69) is 4.98 Å². The number of aromatic nitrogens is 1. The maximum atomic E-state index is 9.07. The van der Waals surface area contributed by atoms with Crippen LogP contribution in [-0.2, 0) is 0 Å². The normalized spacial score (nSPS) is 16.5. The predicted octanol–water partition coefficient (Wildman–Crippen LogP) is 0.134. The molecule has 0 saturated carbocycles. The number of β-amino-alcohol motifs (C(OH)–C–C–N with tert-alkyl or cyclic N) is 1. The molecule has 0 aromatic carbocycles. The molecule has 0 unspecified atom stereocenters. The number of pyridine rings is 1. The molecule has 0 bridgehead atoms. The van der Waals surface area contributed by atoms with E-state index in [1.54, 1.807) is 12.1 Å². The van der Waals surface area contributed by atoms with Crippen molar-refractivity contribution in [2.45, 2.75) is 6.10 Å². The standard InChI is InChI=1S/C9H9N3O/c10-4-7-2-1-3-9(11-7)12-5-8(13)6-12/h1-3,8,13H,5-6H2. The lowest BCUT2D eigenvalue weighted by molar-refractivity contribution is 0.141. The fraction of sp³-hybridized carbons (Fsp3) is 0.333. The van der Waals surface area contributed by atoms with E-state index in [1.165, 1.54) is 0 Å². The molecule has 13 heavy (non-hydrogen) atoms. The third-order valence-electron chi connectivity index (χ3n) is 2.04. The van der Waals surface area contributed by atoms with Crippen molar-refractivity contribution in [1.82, 2.24) is 4.98 Å². The third-order valence-corrected chi connectivity index (χ3v) is 2.04. The number of nitrogens with zero attached hydrogens (tertiary/aromatic N) is 3. The highest BCUT2D eigenvalue weighted by Gasteiger charge is 2.25. The van der Waals surface area contributed by atoms with Crippen LogP contribution in [-0.4, -0.2) is 29.3 Å². The van der Waals surface area contributed by atoms with Crippen LogP contribution >= 0.6 is 0 Å². The van der Waals surface area contributed by atoms with Gasteiger partial charge in [-0.3, -0.25) is 0 Å². The molecule has 0 radical (unpaired) electrons. The predicted molar refractivity (Wildman–Crippen MR) is 47.2 cm³/mol. The topological polar surface area (TPSA) is 60.2 Å². The van der Waals surface area contributed by atoms with Crippen molar-refractivity contribution in [3.8, 4) is 6.07 Å². The second-order valence-electron chi connectivity index (χ2n) is 3.05. The van der Waals surface area contributed by atoms with Gasteiger partial charge in [0.25, 0.3) is 0 Å². The van der Waals surface area contributed by atoms with E-state index >= 15 is 0 Å². The molecule has 4 heteroatoms. The second-order valence-corrected chi connectivity index (χ2v) is 3.05.